The Labute approximate surface area is 184 Å². The summed E-state index contributed by atoms with van der Waals surface area (Å²) in [5.74, 6) is -0.536. The number of hydrogen-bond donors (Lipinski definition) is 1. The molecule has 0 spiro atoms. The summed E-state index contributed by atoms with van der Waals surface area (Å²) < 4.78 is 33.2. The molecular formula is C19H19Cl3N2O4S. The number of ether oxygens (including phenoxy) is 1. The fourth-order valence-corrected chi connectivity index (χ4v) is 5.54. The van der Waals surface area contributed by atoms with Gasteiger partial charge in [-0.05, 0) is 44.2 Å². The summed E-state index contributed by atoms with van der Waals surface area (Å²) in [4.78, 5) is 12.5. The molecule has 6 nitrogen and oxygen atoms in total. The number of rotatable bonds is 4. The molecule has 1 N–H and O–H groups in total. The van der Waals surface area contributed by atoms with Gasteiger partial charge in [-0.3, -0.25) is 4.79 Å². The van der Waals surface area contributed by atoms with Crippen molar-refractivity contribution in [3.05, 3.63) is 57.0 Å². The van der Waals surface area contributed by atoms with Gasteiger partial charge < -0.3 is 10.1 Å². The Morgan fingerprint density at radius 2 is 1.72 bits per heavy atom. The van der Waals surface area contributed by atoms with Crippen LogP contribution in [0, 0.1) is 0 Å². The smallest absolute Gasteiger partial charge is 0.255 e. The number of benzene rings is 2. The van der Waals surface area contributed by atoms with Crippen molar-refractivity contribution in [2.45, 2.75) is 31.0 Å². The SMILES string of the molecule is CC1CN(S(=O)(=O)c2cc(C(=O)Nc3cccc(Cl)c3Cl)ccc2Cl)CC(C)O1. The number of anilines is 1. The van der Waals surface area contributed by atoms with Crippen LogP contribution in [0.5, 0.6) is 0 Å². The first-order chi connectivity index (χ1) is 13.6. The van der Waals surface area contributed by atoms with E-state index in [0.29, 0.717) is 10.7 Å². The second-order valence-corrected chi connectivity index (χ2v) is 9.88. The van der Waals surface area contributed by atoms with Gasteiger partial charge in [-0.15, -0.1) is 0 Å². The average Bonchev–Trinajstić information content (AvgIpc) is 2.64. The van der Waals surface area contributed by atoms with Gasteiger partial charge in [-0.25, -0.2) is 8.42 Å². The van der Waals surface area contributed by atoms with E-state index in [4.69, 9.17) is 39.5 Å². The molecular weight excluding hydrogens is 459 g/mol. The maximum Gasteiger partial charge on any atom is 0.255 e. The number of nitrogens with one attached hydrogen (secondary N) is 1. The number of sulfonamides is 1. The highest BCUT2D eigenvalue weighted by molar-refractivity contribution is 7.89. The normalized spacial score (nSPS) is 20.4. The van der Waals surface area contributed by atoms with E-state index in [1.54, 1.807) is 32.0 Å². The fraction of sp³-hybridized carbons (Fsp3) is 0.316. The Morgan fingerprint density at radius 1 is 1.07 bits per heavy atom. The second kappa shape index (κ2) is 8.79. The number of carbonyl (C=O) groups is 1. The molecule has 0 bridgehead atoms. The zero-order valence-electron chi connectivity index (χ0n) is 15.7. The summed E-state index contributed by atoms with van der Waals surface area (Å²) >= 11 is 18.2. The highest BCUT2D eigenvalue weighted by Crippen LogP contribution is 2.31. The molecule has 0 aromatic heterocycles. The van der Waals surface area contributed by atoms with E-state index < -0.39 is 15.9 Å². The van der Waals surface area contributed by atoms with Gasteiger partial charge in [0.15, 0.2) is 0 Å². The molecule has 1 aliphatic heterocycles. The number of carbonyl (C=O) groups excluding carboxylic acids is 1. The summed E-state index contributed by atoms with van der Waals surface area (Å²) in [6.45, 7) is 4.02. The summed E-state index contributed by atoms with van der Waals surface area (Å²) in [5.41, 5.74) is 0.442. The quantitative estimate of drug-likeness (QED) is 0.693. The van der Waals surface area contributed by atoms with E-state index in [0.717, 1.165) is 0 Å². The standard InChI is InChI=1S/C19H19Cl3N2O4S/c1-11-9-24(10-12(2)28-11)29(26,27)17-8-13(6-7-14(17)20)19(25)23-16-5-3-4-15(21)18(16)22/h3-8,11-12H,9-10H2,1-2H3,(H,23,25). The highest BCUT2D eigenvalue weighted by atomic mass is 35.5. The molecule has 10 heteroatoms. The Bertz CT molecular complexity index is 1040. The van der Waals surface area contributed by atoms with Crippen LogP contribution in [-0.2, 0) is 14.8 Å². The Kier molecular flexibility index (Phi) is 6.77. The zero-order valence-corrected chi connectivity index (χ0v) is 18.7. The van der Waals surface area contributed by atoms with Crippen LogP contribution >= 0.6 is 34.8 Å². The maximum atomic E-state index is 13.1. The summed E-state index contributed by atoms with van der Waals surface area (Å²) in [5, 5.41) is 3.15. The van der Waals surface area contributed by atoms with Gasteiger partial charge in [-0.2, -0.15) is 4.31 Å². The summed E-state index contributed by atoms with van der Waals surface area (Å²) in [6, 6.07) is 8.92. The van der Waals surface area contributed by atoms with Crippen molar-refractivity contribution in [3.63, 3.8) is 0 Å². The van der Waals surface area contributed by atoms with E-state index >= 15 is 0 Å². The fourth-order valence-electron chi connectivity index (χ4n) is 3.10. The third-order valence-corrected chi connectivity index (χ3v) is 7.53. The predicted octanol–water partition coefficient (Wildman–Crippen LogP) is 4.70. The monoisotopic (exact) mass is 476 g/mol. The lowest BCUT2D eigenvalue weighted by molar-refractivity contribution is -0.0440. The number of halogens is 3. The second-order valence-electron chi connectivity index (χ2n) is 6.78. The van der Waals surface area contributed by atoms with Crippen LogP contribution in [-0.4, -0.2) is 43.9 Å². The number of nitrogens with zero attached hydrogens (tertiary/aromatic N) is 1. The van der Waals surface area contributed by atoms with E-state index in [-0.39, 0.29) is 45.8 Å². The number of hydrogen-bond acceptors (Lipinski definition) is 4. The molecule has 2 aromatic rings. The molecule has 156 valence electrons. The van der Waals surface area contributed by atoms with E-state index in [1.807, 2.05) is 0 Å². The van der Waals surface area contributed by atoms with Crippen LogP contribution in [0.4, 0.5) is 5.69 Å². The average molecular weight is 478 g/mol. The molecule has 1 saturated heterocycles. The van der Waals surface area contributed by atoms with Crippen molar-refractivity contribution in [1.29, 1.82) is 0 Å². The van der Waals surface area contributed by atoms with Crippen molar-refractivity contribution in [1.82, 2.24) is 4.31 Å². The molecule has 1 heterocycles. The summed E-state index contributed by atoms with van der Waals surface area (Å²) in [6.07, 6.45) is -0.493. The Hall–Kier alpha value is -1.35. The molecule has 2 unspecified atom stereocenters. The van der Waals surface area contributed by atoms with Gasteiger partial charge in [0.1, 0.15) is 4.90 Å². The van der Waals surface area contributed by atoms with E-state index in [1.165, 1.54) is 22.5 Å². The predicted molar refractivity (Wildman–Crippen MR) is 115 cm³/mol. The van der Waals surface area contributed by atoms with Gasteiger partial charge in [0.05, 0.1) is 33.0 Å². The molecule has 1 aliphatic rings. The molecule has 0 aliphatic carbocycles. The first-order valence-corrected chi connectivity index (χ1v) is 11.4. The molecule has 29 heavy (non-hydrogen) atoms. The first-order valence-electron chi connectivity index (χ1n) is 8.80. The van der Waals surface area contributed by atoms with E-state index in [2.05, 4.69) is 5.32 Å². The van der Waals surface area contributed by atoms with Crippen LogP contribution in [0.2, 0.25) is 15.1 Å². The van der Waals surface area contributed by atoms with Gasteiger partial charge in [0, 0.05) is 18.7 Å². The molecule has 3 rings (SSSR count). The largest absolute Gasteiger partial charge is 0.373 e. The molecule has 1 fully saturated rings. The molecule has 2 atom stereocenters. The topological polar surface area (TPSA) is 75.7 Å². The van der Waals surface area contributed by atoms with Gasteiger partial charge in [0.2, 0.25) is 10.0 Å². The lowest BCUT2D eigenvalue weighted by atomic mass is 10.2. The molecule has 1 amide bonds. The van der Waals surface area contributed by atoms with Crippen molar-refractivity contribution < 1.29 is 17.9 Å². The van der Waals surface area contributed by atoms with Gasteiger partial charge >= 0.3 is 0 Å². The van der Waals surface area contributed by atoms with Crippen LogP contribution in [0.15, 0.2) is 41.3 Å². The van der Waals surface area contributed by atoms with E-state index in [9.17, 15) is 13.2 Å². The minimum atomic E-state index is -3.91. The van der Waals surface area contributed by atoms with Crippen LogP contribution in [0.1, 0.15) is 24.2 Å². The maximum absolute atomic E-state index is 13.1. The number of amides is 1. The first kappa shape index (κ1) is 22.3. The highest BCUT2D eigenvalue weighted by Gasteiger charge is 2.33. The minimum Gasteiger partial charge on any atom is -0.373 e. The van der Waals surface area contributed by atoms with Crippen molar-refractivity contribution in [3.8, 4) is 0 Å². The van der Waals surface area contributed by atoms with Crippen LogP contribution < -0.4 is 5.32 Å². The molecule has 0 saturated carbocycles. The summed E-state index contributed by atoms with van der Waals surface area (Å²) in [7, 11) is -3.91. The molecule has 0 radical (unpaired) electrons. The third kappa shape index (κ3) is 4.87. The lowest BCUT2D eigenvalue weighted by Gasteiger charge is -2.34. The van der Waals surface area contributed by atoms with Crippen LogP contribution in [0.25, 0.3) is 0 Å². The van der Waals surface area contributed by atoms with Gasteiger partial charge in [0.25, 0.3) is 5.91 Å². The third-order valence-electron chi connectivity index (χ3n) is 4.40. The zero-order chi connectivity index (χ0) is 21.3. The van der Waals surface area contributed by atoms with Crippen LogP contribution in [0.3, 0.4) is 0 Å². The Balaban J connectivity index is 1.91. The van der Waals surface area contributed by atoms with Gasteiger partial charge in [-0.1, -0.05) is 40.9 Å². The Morgan fingerprint density at radius 3 is 2.38 bits per heavy atom. The molecule has 2 aromatic carbocycles. The van der Waals surface area contributed by atoms with Crippen molar-refractivity contribution in [2.24, 2.45) is 0 Å². The van der Waals surface area contributed by atoms with Crippen molar-refractivity contribution >= 4 is 56.4 Å². The number of morpholine rings is 1. The van der Waals surface area contributed by atoms with Crippen molar-refractivity contribution in [2.75, 3.05) is 18.4 Å². The minimum absolute atomic E-state index is 0.0362. The lowest BCUT2D eigenvalue weighted by Crippen LogP contribution is -2.48.